The van der Waals surface area contributed by atoms with Crippen molar-refractivity contribution in [3.63, 3.8) is 0 Å². The predicted molar refractivity (Wildman–Crippen MR) is 140 cm³/mol. The molecular formula is C28H28ClN3O3. The van der Waals surface area contributed by atoms with Crippen molar-refractivity contribution >= 4 is 46.4 Å². The normalized spacial score (nSPS) is 14.6. The number of carbonyl (C=O) groups excluding carboxylic acids is 3. The van der Waals surface area contributed by atoms with Gasteiger partial charge in [-0.05, 0) is 67.4 Å². The highest BCUT2D eigenvalue weighted by Gasteiger charge is 2.48. The quantitative estimate of drug-likeness (QED) is 0.427. The number of para-hydroxylation sites is 1. The van der Waals surface area contributed by atoms with E-state index in [1.165, 1.54) is 6.92 Å². The van der Waals surface area contributed by atoms with Crippen LogP contribution in [0.4, 0.5) is 17.1 Å². The summed E-state index contributed by atoms with van der Waals surface area (Å²) in [6, 6.07) is 23.0. The zero-order valence-electron chi connectivity index (χ0n) is 19.6. The Balaban J connectivity index is 1.78. The topological polar surface area (TPSA) is 78.5 Å². The van der Waals surface area contributed by atoms with E-state index in [1.54, 1.807) is 47.4 Å². The standard InChI is InChI=1S/C28H28ClN3O3/c1-20(33)30-24-15-13-21(14-16-24)26(34)32(25-12-8-9-22(29)19-25)28(17-6-3-7-18-28)27(35)31-23-10-4-2-5-11-23/h2,4-5,8-16,19H,3,6-7,17-18H2,1H3,(H,30,33)(H,31,35). The summed E-state index contributed by atoms with van der Waals surface area (Å²) in [5.41, 5.74) is 1.18. The van der Waals surface area contributed by atoms with Gasteiger partial charge in [-0.15, -0.1) is 0 Å². The van der Waals surface area contributed by atoms with Gasteiger partial charge < -0.3 is 10.6 Å². The SMILES string of the molecule is CC(=O)Nc1ccc(C(=O)N(c2cccc(Cl)c2)C2(C(=O)Nc3ccccc3)CCCCC2)cc1. The molecule has 1 saturated carbocycles. The maximum absolute atomic E-state index is 14.1. The first-order chi connectivity index (χ1) is 16.9. The van der Waals surface area contributed by atoms with E-state index in [2.05, 4.69) is 10.6 Å². The highest BCUT2D eigenvalue weighted by atomic mass is 35.5. The lowest BCUT2D eigenvalue weighted by atomic mass is 9.78. The molecule has 0 aromatic heterocycles. The molecule has 0 saturated heterocycles. The molecule has 2 N–H and O–H groups in total. The molecule has 0 spiro atoms. The fourth-order valence-corrected chi connectivity index (χ4v) is 4.84. The van der Waals surface area contributed by atoms with Crippen LogP contribution in [0.25, 0.3) is 0 Å². The molecule has 3 amide bonds. The molecule has 35 heavy (non-hydrogen) atoms. The van der Waals surface area contributed by atoms with Crippen LogP contribution >= 0.6 is 11.6 Å². The number of hydrogen-bond donors (Lipinski definition) is 2. The van der Waals surface area contributed by atoms with E-state index in [9.17, 15) is 14.4 Å². The summed E-state index contributed by atoms with van der Waals surface area (Å²) in [7, 11) is 0. The first-order valence-corrected chi connectivity index (χ1v) is 12.1. The van der Waals surface area contributed by atoms with Gasteiger partial charge in [0.2, 0.25) is 5.91 Å². The minimum absolute atomic E-state index is 0.191. The van der Waals surface area contributed by atoms with E-state index in [0.29, 0.717) is 40.5 Å². The summed E-state index contributed by atoms with van der Waals surface area (Å²) < 4.78 is 0. The lowest BCUT2D eigenvalue weighted by Crippen LogP contribution is -2.60. The average molecular weight is 490 g/mol. The maximum Gasteiger partial charge on any atom is 0.259 e. The zero-order valence-corrected chi connectivity index (χ0v) is 20.3. The van der Waals surface area contributed by atoms with Crippen LogP contribution < -0.4 is 15.5 Å². The van der Waals surface area contributed by atoms with E-state index in [4.69, 9.17) is 11.6 Å². The summed E-state index contributed by atoms with van der Waals surface area (Å²) in [5, 5.41) is 6.23. The highest BCUT2D eigenvalue weighted by Crippen LogP contribution is 2.40. The average Bonchev–Trinajstić information content (AvgIpc) is 2.85. The molecular weight excluding hydrogens is 462 g/mol. The summed E-state index contributed by atoms with van der Waals surface area (Å²) in [6.07, 6.45) is 3.73. The van der Waals surface area contributed by atoms with Crippen LogP contribution in [0.1, 0.15) is 49.4 Å². The van der Waals surface area contributed by atoms with Crippen molar-refractivity contribution in [1.82, 2.24) is 0 Å². The van der Waals surface area contributed by atoms with Gasteiger partial charge in [0.05, 0.1) is 0 Å². The smallest absolute Gasteiger partial charge is 0.259 e. The van der Waals surface area contributed by atoms with Crippen LogP contribution in [0.3, 0.4) is 0 Å². The van der Waals surface area contributed by atoms with Gasteiger partial charge in [-0.2, -0.15) is 0 Å². The molecule has 0 unspecified atom stereocenters. The Kier molecular flexibility index (Phi) is 7.51. The molecule has 1 fully saturated rings. The largest absolute Gasteiger partial charge is 0.326 e. The van der Waals surface area contributed by atoms with Gasteiger partial charge in [-0.25, -0.2) is 0 Å². The van der Waals surface area contributed by atoms with Gasteiger partial charge in [0.1, 0.15) is 5.54 Å². The second-order valence-corrected chi connectivity index (χ2v) is 9.23. The molecule has 1 aliphatic carbocycles. The summed E-state index contributed by atoms with van der Waals surface area (Å²) >= 11 is 6.32. The lowest BCUT2D eigenvalue weighted by molar-refractivity contribution is -0.122. The molecule has 0 atom stereocenters. The Hall–Kier alpha value is -3.64. The molecule has 1 aliphatic rings. The van der Waals surface area contributed by atoms with Gasteiger partial charge in [-0.3, -0.25) is 19.3 Å². The van der Waals surface area contributed by atoms with Gasteiger partial charge in [0.15, 0.2) is 0 Å². The van der Waals surface area contributed by atoms with Gasteiger partial charge in [-0.1, -0.05) is 55.1 Å². The summed E-state index contributed by atoms with van der Waals surface area (Å²) in [4.78, 5) is 41.0. The van der Waals surface area contributed by atoms with Crippen LogP contribution in [0, 0.1) is 0 Å². The van der Waals surface area contributed by atoms with Gasteiger partial charge >= 0.3 is 0 Å². The molecule has 4 rings (SSSR count). The minimum atomic E-state index is -1.08. The van der Waals surface area contributed by atoms with Crippen molar-refractivity contribution in [1.29, 1.82) is 0 Å². The Morgan fingerprint density at radius 1 is 0.800 bits per heavy atom. The number of benzene rings is 3. The van der Waals surface area contributed by atoms with Gasteiger partial charge in [0.25, 0.3) is 11.8 Å². The van der Waals surface area contributed by atoms with Crippen LogP contribution in [0.5, 0.6) is 0 Å². The first-order valence-electron chi connectivity index (χ1n) is 11.7. The Morgan fingerprint density at radius 2 is 1.46 bits per heavy atom. The van der Waals surface area contributed by atoms with Crippen molar-refractivity contribution in [2.24, 2.45) is 0 Å². The van der Waals surface area contributed by atoms with Gasteiger partial charge in [0, 0.05) is 34.6 Å². The minimum Gasteiger partial charge on any atom is -0.326 e. The third-order valence-corrected chi connectivity index (χ3v) is 6.52. The molecule has 6 nitrogen and oxygen atoms in total. The lowest BCUT2D eigenvalue weighted by Gasteiger charge is -2.45. The Labute approximate surface area is 210 Å². The maximum atomic E-state index is 14.1. The fraction of sp³-hybridized carbons (Fsp3) is 0.250. The molecule has 0 radical (unpaired) electrons. The van der Waals surface area contributed by atoms with Crippen molar-refractivity contribution in [3.8, 4) is 0 Å². The van der Waals surface area contributed by atoms with Crippen molar-refractivity contribution < 1.29 is 14.4 Å². The molecule has 0 bridgehead atoms. The second kappa shape index (κ2) is 10.7. The third kappa shape index (κ3) is 5.54. The van der Waals surface area contributed by atoms with Crippen LogP contribution in [-0.2, 0) is 9.59 Å². The Bertz CT molecular complexity index is 1210. The van der Waals surface area contributed by atoms with E-state index in [0.717, 1.165) is 19.3 Å². The fourth-order valence-electron chi connectivity index (χ4n) is 4.66. The van der Waals surface area contributed by atoms with Crippen molar-refractivity contribution in [3.05, 3.63) is 89.4 Å². The second-order valence-electron chi connectivity index (χ2n) is 8.79. The van der Waals surface area contributed by atoms with Crippen LogP contribution in [0.15, 0.2) is 78.9 Å². The van der Waals surface area contributed by atoms with Crippen LogP contribution in [0.2, 0.25) is 5.02 Å². The predicted octanol–water partition coefficient (Wildman–Crippen LogP) is 6.29. The number of rotatable bonds is 6. The van der Waals surface area contributed by atoms with Crippen molar-refractivity contribution in [2.45, 2.75) is 44.6 Å². The number of nitrogens with one attached hydrogen (secondary N) is 2. The molecule has 0 aliphatic heterocycles. The molecule has 3 aromatic carbocycles. The third-order valence-electron chi connectivity index (χ3n) is 6.28. The van der Waals surface area contributed by atoms with E-state index in [1.807, 2.05) is 36.4 Å². The van der Waals surface area contributed by atoms with E-state index >= 15 is 0 Å². The van der Waals surface area contributed by atoms with Crippen molar-refractivity contribution in [2.75, 3.05) is 15.5 Å². The van der Waals surface area contributed by atoms with E-state index < -0.39 is 5.54 Å². The first kappa shape index (κ1) is 24.5. The molecule has 7 heteroatoms. The number of amides is 3. The number of carbonyl (C=O) groups is 3. The van der Waals surface area contributed by atoms with Crippen LogP contribution in [-0.4, -0.2) is 23.3 Å². The van der Waals surface area contributed by atoms with E-state index in [-0.39, 0.29) is 17.7 Å². The molecule has 180 valence electrons. The summed E-state index contributed by atoms with van der Waals surface area (Å²) in [5.74, 6) is -0.707. The monoisotopic (exact) mass is 489 g/mol. The highest BCUT2D eigenvalue weighted by molar-refractivity contribution is 6.31. The molecule has 3 aromatic rings. The molecule has 0 heterocycles. The number of nitrogens with zero attached hydrogens (tertiary/aromatic N) is 1. The number of halogens is 1. The summed E-state index contributed by atoms with van der Waals surface area (Å²) in [6.45, 7) is 1.43. The number of hydrogen-bond acceptors (Lipinski definition) is 3. The zero-order chi connectivity index (χ0) is 24.8. The Morgan fingerprint density at radius 3 is 2.09 bits per heavy atom. The number of anilines is 3.